The van der Waals surface area contributed by atoms with Gasteiger partial charge in [0.15, 0.2) is 0 Å². The summed E-state index contributed by atoms with van der Waals surface area (Å²) < 4.78 is 0. The lowest BCUT2D eigenvalue weighted by Gasteiger charge is -2.32. The Labute approximate surface area is 123 Å². The van der Waals surface area contributed by atoms with E-state index in [-0.39, 0.29) is 17.2 Å². The van der Waals surface area contributed by atoms with Crippen LogP contribution in [0.2, 0.25) is 0 Å². The van der Waals surface area contributed by atoms with E-state index in [0.717, 1.165) is 44.2 Å². The number of carbonyl (C=O) groups excluding carboxylic acids is 2. The number of allylic oxidation sites excluding steroid dienone is 1. The predicted octanol–water partition coefficient (Wildman–Crippen LogP) is 1.17. The van der Waals surface area contributed by atoms with Gasteiger partial charge in [-0.25, -0.2) is 9.97 Å². The van der Waals surface area contributed by atoms with Gasteiger partial charge in [0.05, 0.1) is 5.41 Å². The summed E-state index contributed by atoms with van der Waals surface area (Å²) in [5.74, 6) is -0.0874. The van der Waals surface area contributed by atoms with Crippen molar-refractivity contribution < 1.29 is 9.59 Å². The van der Waals surface area contributed by atoms with Gasteiger partial charge in [-0.2, -0.15) is 0 Å². The third kappa shape index (κ3) is 2.79. The molecular formula is C15H18N4O2. The number of nitrogens with one attached hydrogen (secondary N) is 2. The van der Waals surface area contributed by atoms with Gasteiger partial charge in [0, 0.05) is 18.9 Å². The van der Waals surface area contributed by atoms with Gasteiger partial charge in [-0.1, -0.05) is 5.57 Å². The van der Waals surface area contributed by atoms with Crippen LogP contribution < -0.4 is 10.6 Å². The molecule has 1 saturated heterocycles. The quantitative estimate of drug-likeness (QED) is 0.855. The number of nitrogens with zero attached hydrogens (tertiary/aromatic N) is 2. The third-order valence-corrected chi connectivity index (χ3v) is 4.31. The Hall–Kier alpha value is -2.24. The van der Waals surface area contributed by atoms with Gasteiger partial charge >= 0.3 is 0 Å². The number of carbonyl (C=O) groups is 2. The Balaban J connectivity index is 1.66. The topological polar surface area (TPSA) is 84.0 Å². The lowest BCUT2D eigenvalue weighted by Crippen LogP contribution is -2.34. The molecule has 2 amide bonds. The van der Waals surface area contributed by atoms with Crippen molar-refractivity contribution in [3.05, 3.63) is 36.1 Å². The average Bonchev–Trinajstić information content (AvgIpc) is 2.86. The van der Waals surface area contributed by atoms with Crippen molar-refractivity contribution in [1.29, 1.82) is 0 Å². The average molecular weight is 286 g/mol. The summed E-state index contributed by atoms with van der Waals surface area (Å²) in [6, 6.07) is 1.57. The van der Waals surface area contributed by atoms with E-state index in [9.17, 15) is 9.59 Å². The fourth-order valence-corrected chi connectivity index (χ4v) is 3.18. The second-order valence-electron chi connectivity index (χ2n) is 5.69. The molecule has 1 aromatic rings. The molecule has 0 radical (unpaired) electrons. The van der Waals surface area contributed by atoms with E-state index < -0.39 is 0 Å². The predicted molar refractivity (Wildman–Crippen MR) is 76.1 cm³/mol. The van der Waals surface area contributed by atoms with E-state index in [1.807, 2.05) is 0 Å². The van der Waals surface area contributed by atoms with Gasteiger partial charge < -0.3 is 10.6 Å². The molecule has 6 nitrogen and oxygen atoms in total. The minimum Gasteiger partial charge on any atom is -0.356 e. The molecule has 1 unspecified atom stereocenters. The molecule has 0 aromatic carbocycles. The first kappa shape index (κ1) is 13.7. The van der Waals surface area contributed by atoms with Crippen LogP contribution in [0.1, 0.15) is 42.6 Å². The first-order chi connectivity index (χ1) is 10.2. The van der Waals surface area contributed by atoms with E-state index in [4.69, 9.17) is 0 Å². The maximum atomic E-state index is 12.0. The van der Waals surface area contributed by atoms with Crippen LogP contribution in [0.4, 0.5) is 0 Å². The molecule has 2 heterocycles. The van der Waals surface area contributed by atoms with Crippen molar-refractivity contribution in [2.45, 2.75) is 32.1 Å². The van der Waals surface area contributed by atoms with E-state index in [0.29, 0.717) is 5.69 Å². The van der Waals surface area contributed by atoms with Crippen LogP contribution in [0.3, 0.4) is 0 Å². The summed E-state index contributed by atoms with van der Waals surface area (Å²) >= 11 is 0. The van der Waals surface area contributed by atoms with Crippen LogP contribution in [0.5, 0.6) is 0 Å². The molecule has 21 heavy (non-hydrogen) atoms. The molecule has 1 aromatic heterocycles. The molecule has 1 aliphatic carbocycles. The molecule has 1 aliphatic heterocycles. The Morgan fingerprint density at radius 2 is 2.33 bits per heavy atom. The van der Waals surface area contributed by atoms with Crippen LogP contribution >= 0.6 is 0 Å². The smallest absolute Gasteiger partial charge is 0.273 e. The molecule has 1 spiro atoms. The Kier molecular flexibility index (Phi) is 3.68. The normalized spacial score (nSPS) is 26.9. The Morgan fingerprint density at radius 3 is 3.05 bits per heavy atom. The molecule has 6 heteroatoms. The lowest BCUT2D eigenvalue weighted by molar-refractivity contribution is -0.128. The van der Waals surface area contributed by atoms with Gasteiger partial charge in [0.25, 0.3) is 5.91 Å². The monoisotopic (exact) mass is 286 g/mol. The van der Waals surface area contributed by atoms with Gasteiger partial charge in [-0.05, 0) is 38.2 Å². The molecule has 1 saturated carbocycles. The third-order valence-electron chi connectivity index (χ3n) is 4.31. The van der Waals surface area contributed by atoms with Crippen LogP contribution in [0, 0.1) is 5.41 Å². The van der Waals surface area contributed by atoms with E-state index in [2.05, 4.69) is 20.6 Å². The Morgan fingerprint density at radius 1 is 1.43 bits per heavy atom. The number of aromatic nitrogens is 2. The zero-order chi connectivity index (χ0) is 14.7. The van der Waals surface area contributed by atoms with Crippen molar-refractivity contribution in [2.75, 3.05) is 6.54 Å². The second-order valence-corrected chi connectivity index (χ2v) is 5.69. The van der Waals surface area contributed by atoms with Gasteiger partial charge in [0.1, 0.15) is 12.0 Å². The zero-order valence-corrected chi connectivity index (χ0v) is 11.8. The van der Waals surface area contributed by atoms with Gasteiger partial charge in [0.2, 0.25) is 5.91 Å². The second kappa shape index (κ2) is 5.63. The summed E-state index contributed by atoms with van der Waals surface area (Å²) in [6.45, 7) is 0.763. The highest BCUT2D eigenvalue weighted by atomic mass is 16.2. The summed E-state index contributed by atoms with van der Waals surface area (Å²) in [5, 5.41) is 5.69. The van der Waals surface area contributed by atoms with E-state index >= 15 is 0 Å². The van der Waals surface area contributed by atoms with Crippen molar-refractivity contribution in [3.63, 3.8) is 0 Å². The number of amides is 2. The minimum atomic E-state index is -0.250. The molecule has 2 fully saturated rings. The van der Waals surface area contributed by atoms with Crippen molar-refractivity contribution in [1.82, 2.24) is 20.6 Å². The van der Waals surface area contributed by atoms with E-state index in [1.165, 1.54) is 12.5 Å². The highest BCUT2D eigenvalue weighted by Gasteiger charge is 2.43. The molecular weight excluding hydrogens is 268 g/mol. The maximum absolute atomic E-state index is 12.0. The highest BCUT2D eigenvalue weighted by molar-refractivity contribution is 5.92. The standard InChI is InChI=1S/C15H18N4O2/c20-13(12-3-6-16-10-19-12)18-9-11-2-1-4-15(8-11)5-7-17-14(15)21/h3,6,9-10H,1-2,4-5,7-8H2,(H,17,21)(H,18,20). The molecule has 110 valence electrons. The number of hydrogen-bond donors (Lipinski definition) is 2. The fraction of sp³-hybridized carbons (Fsp3) is 0.467. The van der Waals surface area contributed by atoms with Crippen molar-refractivity contribution in [3.8, 4) is 0 Å². The first-order valence-corrected chi connectivity index (χ1v) is 7.23. The van der Waals surface area contributed by atoms with Gasteiger partial charge in [-0.3, -0.25) is 9.59 Å². The molecule has 1 atom stereocenters. The largest absolute Gasteiger partial charge is 0.356 e. The Bertz CT molecular complexity index is 585. The lowest BCUT2D eigenvalue weighted by atomic mass is 9.71. The van der Waals surface area contributed by atoms with Crippen molar-refractivity contribution >= 4 is 11.8 Å². The minimum absolute atomic E-state index is 0.162. The summed E-state index contributed by atoms with van der Waals surface area (Å²) in [6.07, 6.45) is 9.12. The summed E-state index contributed by atoms with van der Waals surface area (Å²) in [5.41, 5.74) is 1.22. The molecule has 2 N–H and O–H groups in total. The molecule has 3 rings (SSSR count). The highest BCUT2D eigenvalue weighted by Crippen LogP contribution is 2.43. The zero-order valence-electron chi connectivity index (χ0n) is 11.8. The SMILES string of the molecule is O=C(NC=C1CCCC2(CCNC2=O)C1)c1ccncn1. The van der Waals surface area contributed by atoms with Crippen LogP contribution in [0.25, 0.3) is 0 Å². The number of hydrogen-bond acceptors (Lipinski definition) is 4. The van der Waals surface area contributed by atoms with E-state index in [1.54, 1.807) is 12.3 Å². The maximum Gasteiger partial charge on any atom is 0.273 e. The summed E-state index contributed by atoms with van der Waals surface area (Å²) in [4.78, 5) is 31.6. The van der Waals surface area contributed by atoms with Crippen LogP contribution in [-0.4, -0.2) is 28.3 Å². The number of rotatable bonds is 2. The summed E-state index contributed by atoms with van der Waals surface area (Å²) in [7, 11) is 0. The first-order valence-electron chi connectivity index (χ1n) is 7.23. The van der Waals surface area contributed by atoms with Crippen LogP contribution in [-0.2, 0) is 4.79 Å². The molecule has 2 aliphatic rings. The molecule has 0 bridgehead atoms. The van der Waals surface area contributed by atoms with Crippen LogP contribution in [0.15, 0.2) is 30.4 Å². The van der Waals surface area contributed by atoms with Gasteiger partial charge in [-0.15, -0.1) is 0 Å². The fourth-order valence-electron chi connectivity index (χ4n) is 3.18. The van der Waals surface area contributed by atoms with Crippen molar-refractivity contribution in [2.24, 2.45) is 5.41 Å².